The van der Waals surface area contributed by atoms with Crippen molar-refractivity contribution < 1.29 is 19.4 Å². The summed E-state index contributed by atoms with van der Waals surface area (Å²) in [6.07, 6.45) is 3.11. The molecule has 0 radical (unpaired) electrons. The van der Waals surface area contributed by atoms with Crippen molar-refractivity contribution in [3.05, 3.63) is 0 Å². The molecular formula is C13H24N2O4. The number of nitrogens with two attached hydrogens (primary N) is 1. The second-order valence-electron chi connectivity index (χ2n) is 4.83. The maximum absolute atomic E-state index is 12.1. The first-order valence-electron chi connectivity index (χ1n) is 6.91. The molecule has 3 N–H and O–H groups in total. The van der Waals surface area contributed by atoms with E-state index in [1.54, 1.807) is 4.90 Å². The average Bonchev–Trinajstić information content (AvgIpc) is 2.85. The van der Waals surface area contributed by atoms with Gasteiger partial charge in [-0.3, -0.25) is 9.59 Å². The molecule has 6 heteroatoms. The van der Waals surface area contributed by atoms with E-state index in [2.05, 4.69) is 0 Å². The zero-order valence-corrected chi connectivity index (χ0v) is 11.5. The molecule has 2 unspecified atom stereocenters. The Kier molecular flexibility index (Phi) is 6.80. The Labute approximate surface area is 113 Å². The van der Waals surface area contributed by atoms with E-state index in [-0.39, 0.29) is 18.6 Å². The Morgan fingerprint density at radius 1 is 1.32 bits per heavy atom. The van der Waals surface area contributed by atoms with Crippen molar-refractivity contribution in [1.82, 2.24) is 4.90 Å². The molecule has 1 aliphatic rings. The number of hydrogen-bond donors (Lipinski definition) is 2. The van der Waals surface area contributed by atoms with Crippen molar-refractivity contribution in [2.24, 2.45) is 11.7 Å². The second kappa shape index (κ2) is 8.12. The normalized spacial score (nSPS) is 22.4. The van der Waals surface area contributed by atoms with Crippen LogP contribution in [0.15, 0.2) is 0 Å². The summed E-state index contributed by atoms with van der Waals surface area (Å²) in [6.45, 7) is 3.54. The molecule has 1 amide bonds. The quantitative estimate of drug-likeness (QED) is 0.626. The van der Waals surface area contributed by atoms with Gasteiger partial charge in [0, 0.05) is 13.0 Å². The largest absolute Gasteiger partial charge is 0.481 e. The summed E-state index contributed by atoms with van der Waals surface area (Å²) in [4.78, 5) is 24.9. The molecule has 1 aliphatic heterocycles. The number of aliphatic carboxylic acids is 1. The summed E-state index contributed by atoms with van der Waals surface area (Å²) in [6, 6.07) is -0.329. The SMILES string of the molecule is CCN(C(=O)CCCCCN)C1COCC1C(=O)O. The van der Waals surface area contributed by atoms with Crippen LogP contribution < -0.4 is 5.73 Å². The topological polar surface area (TPSA) is 92.9 Å². The van der Waals surface area contributed by atoms with Crippen molar-refractivity contribution in [2.45, 2.75) is 38.6 Å². The molecule has 6 nitrogen and oxygen atoms in total. The molecule has 0 aromatic rings. The Balaban J connectivity index is 2.51. The number of unbranched alkanes of at least 4 members (excludes halogenated alkanes) is 2. The molecule has 1 saturated heterocycles. The van der Waals surface area contributed by atoms with Crippen LogP contribution in [-0.4, -0.2) is 54.2 Å². The molecule has 0 aromatic carbocycles. The molecule has 2 atom stereocenters. The summed E-state index contributed by atoms with van der Waals surface area (Å²) in [5.41, 5.74) is 5.41. The van der Waals surface area contributed by atoms with E-state index in [1.165, 1.54) is 0 Å². The molecule has 0 aromatic heterocycles. The van der Waals surface area contributed by atoms with Gasteiger partial charge in [-0.25, -0.2) is 0 Å². The van der Waals surface area contributed by atoms with Gasteiger partial charge in [0.25, 0.3) is 0 Å². The molecule has 0 spiro atoms. The highest BCUT2D eigenvalue weighted by molar-refractivity contribution is 5.78. The van der Waals surface area contributed by atoms with Gasteiger partial charge in [-0.1, -0.05) is 6.42 Å². The number of nitrogens with zero attached hydrogens (tertiary/aromatic N) is 1. The van der Waals surface area contributed by atoms with Gasteiger partial charge in [0.05, 0.1) is 19.3 Å². The van der Waals surface area contributed by atoms with Crippen molar-refractivity contribution in [1.29, 1.82) is 0 Å². The fourth-order valence-corrected chi connectivity index (χ4v) is 2.42. The van der Waals surface area contributed by atoms with Gasteiger partial charge in [0.15, 0.2) is 0 Å². The molecule has 1 fully saturated rings. The maximum atomic E-state index is 12.1. The number of hydrogen-bond acceptors (Lipinski definition) is 4. The minimum atomic E-state index is -0.892. The predicted molar refractivity (Wildman–Crippen MR) is 70.6 cm³/mol. The predicted octanol–water partition coefficient (Wildman–Crippen LogP) is 0.454. The van der Waals surface area contributed by atoms with E-state index >= 15 is 0 Å². The zero-order valence-electron chi connectivity index (χ0n) is 11.5. The summed E-state index contributed by atoms with van der Waals surface area (Å²) >= 11 is 0. The van der Waals surface area contributed by atoms with Gasteiger partial charge in [0.1, 0.15) is 5.92 Å². The fraction of sp³-hybridized carbons (Fsp3) is 0.846. The summed E-state index contributed by atoms with van der Waals surface area (Å²) in [5, 5.41) is 9.12. The number of amides is 1. The van der Waals surface area contributed by atoms with Crippen LogP contribution in [0.1, 0.15) is 32.6 Å². The number of carboxylic acid groups (broad SMARTS) is 1. The third-order valence-corrected chi connectivity index (χ3v) is 3.52. The van der Waals surface area contributed by atoms with Crippen molar-refractivity contribution in [3.63, 3.8) is 0 Å². The number of carbonyl (C=O) groups is 2. The summed E-state index contributed by atoms with van der Waals surface area (Å²) < 4.78 is 5.22. The average molecular weight is 272 g/mol. The molecule has 1 heterocycles. The highest BCUT2D eigenvalue weighted by Crippen LogP contribution is 2.21. The van der Waals surface area contributed by atoms with E-state index in [4.69, 9.17) is 15.6 Å². The van der Waals surface area contributed by atoms with Gasteiger partial charge in [0.2, 0.25) is 5.91 Å². The van der Waals surface area contributed by atoms with Crippen LogP contribution in [0.2, 0.25) is 0 Å². The lowest BCUT2D eigenvalue weighted by Gasteiger charge is -2.29. The van der Waals surface area contributed by atoms with Gasteiger partial charge in [-0.05, 0) is 26.3 Å². The van der Waals surface area contributed by atoms with Gasteiger partial charge in [-0.15, -0.1) is 0 Å². The Morgan fingerprint density at radius 2 is 2.05 bits per heavy atom. The standard InChI is InChI=1S/C13H24N2O4/c1-2-15(12(16)6-4-3-5-7-14)11-9-19-8-10(11)13(17)18/h10-11H,2-9,14H2,1H3,(H,17,18). The Bertz CT molecular complexity index is 309. The van der Waals surface area contributed by atoms with E-state index in [1.807, 2.05) is 6.92 Å². The number of rotatable bonds is 8. The third-order valence-electron chi connectivity index (χ3n) is 3.52. The molecule has 19 heavy (non-hydrogen) atoms. The molecule has 0 aliphatic carbocycles. The second-order valence-corrected chi connectivity index (χ2v) is 4.83. The zero-order chi connectivity index (χ0) is 14.3. The molecule has 0 saturated carbocycles. The van der Waals surface area contributed by atoms with Crippen LogP contribution >= 0.6 is 0 Å². The fourth-order valence-electron chi connectivity index (χ4n) is 2.42. The Hall–Kier alpha value is -1.14. The lowest BCUT2D eigenvalue weighted by Crippen LogP contribution is -2.46. The van der Waals surface area contributed by atoms with Crippen LogP contribution in [0.5, 0.6) is 0 Å². The van der Waals surface area contributed by atoms with Crippen LogP contribution in [0.3, 0.4) is 0 Å². The maximum Gasteiger partial charge on any atom is 0.311 e. The first-order valence-corrected chi connectivity index (χ1v) is 6.91. The van der Waals surface area contributed by atoms with E-state index < -0.39 is 11.9 Å². The van der Waals surface area contributed by atoms with E-state index in [9.17, 15) is 9.59 Å². The van der Waals surface area contributed by atoms with Crippen LogP contribution in [-0.2, 0) is 14.3 Å². The molecular weight excluding hydrogens is 248 g/mol. The van der Waals surface area contributed by atoms with Gasteiger partial charge < -0.3 is 20.5 Å². The first-order chi connectivity index (χ1) is 9.11. The van der Waals surface area contributed by atoms with E-state index in [0.717, 1.165) is 19.3 Å². The molecule has 0 bridgehead atoms. The van der Waals surface area contributed by atoms with Gasteiger partial charge in [-0.2, -0.15) is 0 Å². The van der Waals surface area contributed by atoms with Gasteiger partial charge >= 0.3 is 5.97 Å². The highest BCUT2D eigenvalue weighted by Gasteiger charge is 2.39. The summed E-state index contributed by atoms with van der Waals surface area (Å²) in [5.74, 6) is -1.48. The number of carboxylic acids is 1. The van der Waals surface area contributed by atoms with Crippen LogP contribution in [0.25, 0.3) is 0 Å². The highest BCUT2D eigenvalue weighted by atomic mass is 16.5. The lowest BCUT2D eigenvalue weighted by atomic mass is 10.0. The van der Waals surface area contributed by atoms with Crippen molar-refractivity contribution in [3.8, 4) is 0 Å². The monoisotopic (exact) mass is 272 g/mol. The van der Waals surface area contributed by atoms with Crippen molar-refractivity contribution >= 4 is 11.9 Å². The Morgan fingerprint density at radius 3 is 2.63 bits per heavy atom. The van der Waals surface area contributed by atoms with Crippen LogP contribution in [0, 0.1) is 5.92 Å². The minimum absolute atomic E-state index is 0.0151. The first kappa shape index (κ1) is 15.9. The summed E-state index contributed by atoms with van der Waals surface area (Å²) in [7, 11) is 0. The van der Waals surface area contributed by atoms with Crippen molar-refractivity contribution in [2.75, 3.05) is 26.3 Å². The number of ether oxygens (including phenoxy) is 1. The number of carbonyl (C=O) groups excluding carboxylic acids is 1. The lowest BCUT2D eigenvalue weighted by molar-refractivity contribution is -0.145. The van der Waals surface area contributed by atoms with Crippen LogP contribution in [0.4, 0.5) is 0 Å². The third kappa shape index (κ3) is 4.47. The minimum Gasteiger partial charge on any atom is -0.481 e. The number of likely N-dealkylation sites (N-methyl/N-ethyl adjacent to an activating group) is 1. The molecule has 110 valence electrons. The van der Waals surface area contributed by atoms with E-state index in [0.29, 0.717) is 26.1 Å². The smallest absolute Gasteiger partial charge is 0.311 e. The molecule has 1 rings (SSSR count).